The molecule has 0 radical (unpaired) electrons. The molecule has 0 aliphatic rings. The van der Waals surface area contributed by atoms with E-state index in [1.807, 2.05) is 6.07 Å². The van der Waals surface area contributed by atoms with Gasteiger partial charge in [0.05, 0.1) is 11.1 Å². The summed E-state index contributed by atoms with van der Waals surface area (Å²) in [6.07, 6.45) is 0. The molecule has 2 heteroatoms. The predicted octanol–water partition coefficient (Wildman–Crippen LogP) is 14.0. The summed E-state index contributed by atoms with van der Waals surface area (Å²) in [5.41, 5.74) is 5.05. The van der Waals surface area contributed by atoms with E-state index >= 15 is 0 Å². The van der Waals surface area contributed by atoms with Crippen LogP contribution in [0.3, 0.4) is 0 Å². The van der Waals surface area contributed by atoms with Gasteiger partial charge in [-0.15, -0.1) is 0 Å². The zero-order chi connectivity index (χ0) is 32.8. The highest BCUT2D eigenvalue weighted by molar-refractivity contribution is 6.27. The van der Waals surface area contributed by atoms with Crippen LogP contribution in [0, 0.1) is 0 Å². The molecule has 0 bridgehead atoms. The van der Waals surface area contributed by atoms with Gasteiger partial charge in [-0.05, 0) is 107 Å². The Morgan fingerprint density at radius 3 is 1.10 bits per heavy atom. The van der Waals surface area contributed by atoms with Crippen LogP contribution in [0.2, 0.25) is 0 Å². The number of nitrogens with zero attached hydrogens (tertiary/aromatic N) is 1. The molecular weight excluding hydrogens is 607 g/mol. The van der Waals surface area contributed by atoms with Crippen molar-refractivity contribution in [2.45, 2.75) is 0 Å². The lowest BCUT2D eigenvalue weighted by Gasteiger charge is -2.27. The monoisotopic (exact) mass is 635 g/mol. The maximum atomic E-state index is 6.44. The fourth-order valence-electron chi connectivity index (χ4n) is 8.44. The Hall–Kier alpha value is -6.64. The Bertz CT molecular complexity index is 2940. The zero-order valence-corrected chi connectivity index (χ0v) is 27.1. The minimum absolute atomic E-state index is 0.878. The second kappa shape index (κ2) is 10.4. The molecule has 11 rings (SSSR count). The first kappa shape index (κ1) is 27.3. The van der Waals surface area contributed by atoms with Crippen molar-refractivity contribution in [3.05, 3.63) is 176 Å². The van der Waals surface area contributed by atoms with Gasteiger partial charge in [0, 0.05) is 16.8 Å². The van der Waals surface area contributed by atoms with E-state index in [9.17, 15) is 0 Å². The first-order valence-corrected chi connectivity index (χ1v) is 17.2. The Balaban J connectivity index is 1.26. The van der Waals surface area contributed by atoms with Crippen LogP contribution in [0.1, 0.15) is 0 Å². The second-order valence-corrected chi connectivity index (χ2v) is 13.2. The number of hydrogen-bond donors (Lipinski definition) is 0. The number of anilines is 3. The minimum atomic E-state index is 0.878. The topological polar surface area (TPSA) is 16.4 Å². The average Bonchev–Trinajstić information content (AvgIpc) is 3.58. The first-order chi connectivity index (χ1) is 24.8. The van der Waals surface area contributed by atoms with Crippen LogP contribution in [0.25, 0.3) is 86.6 Å². The van der Waals surface area contributed by atoms with E-state index in [2.05, 4.69) is 175 Å². The maximum absolute atomic E-state index is 6.44. The highest BCUT2D eigenvalue weighted by Crippen LogP contribution is 2.46. The molecule has 1 heterocycles. The number of fused-ring (bicyclic) bond motifs is 15. The summed E-state index contributed by atoms with van der Waals surface area (Å²) >= 11 is 0. The maximum Gasteiger partial charge on any atom is 0.137 e. The number of furan rings is 1. The molecule has 1 aromatic heterocycles. The van der Waals surface area contributed by atoms with Crippen LogP contribution in [0.15, 0.2) is 180 Å². The number of hydrogen-bond acceptors (Lipinski definition) is 2. The zero-order valence-electron chi connectivity index (χ0n) is 27.1. The molecule has 0 aliphatic heterocycles. The summed E-state index contributed by atoms with van der Waals surface area (Å²) in [6.45, 7) is 0. The van der Waals surface area contributed by atoms with Crippen LogP contribution in [-0.2, 0) is 0 Å². The highest BCUT2D eigenvalue weighted by Gasteiger charge is 2.21. The molecular formula is C48H29NO. The van der Waals surface area contributed by atoms with Crippen LogP contribution in [0.4, 0.5) is 17.1 Å². The molecule has 0 N–H and O–H groups in total. The van der Waals surface area contributed by atoms with Crippen molar-refractivity contribution in [3.8, 4) is 0 Å². The van der Waals surface area contributed by atoms with Gasteiger partial charge in [0.2, 0.25) is 0 Å². The SMILES string of the molecule is c1ccc2c(c1)oc1cccc(N(c3ccc4c5ccccc5c5ccccc5c4c3)c3ccc4c5ccccc5c5ccccc5c4c3)c12. The van der Waals surface area contributed by atoms with E-state index in [-0.39, 0.29) is 0 Å². The van der Waals surface area contributed by atoms with Gasteiger partial charge in [0.1, 0.15) is 11.2 Å². The van der Waals surface area contributed by atoms with Crippen molar-refractivity contribution >= 4 is 104 Å². The molecule has 0 atom stereocenters. The minimum Gasteiger partial charge on any atom is -0.456 e. The summed E-state index contributed by atoms with van der Waals surface area (Å²) in [5, 5.41) is 17.4. The van der Waals surface area contributed by atoms with Crippen molar-refractivity contribution in [1.29, 1.82) is 0 Å². The van der Waals surface area contributed by atoms with E-state index in [1.54, 1.807) is 0 Å². The fourth-order valence-corrected chi connectivity index (χ4v) is 8.44. The molecule has 0 saturated carbocycles. The summed E-state index contributed by atoms with van der Waals surface area (Å²) in [7, 11) is 0. The Morgan fingerprint density at radius 2 is 0.640 bits per heavy atom. The molecule has 0 fully saturated rings. The highest BCUT2D eigenvalue weighted by atomic mass is 16.3. The third kappa shape index (κ3) is 3.85. The number of para-hydroxylation sites is 1. The van der Waals surface area contributed by atoms with Crippen molar-refractivity contribution < 1.29 is 4.42 Å². The van der Waals surface area contributed by atoms with E-state index < -0.39 is 0 Å². The number of rotatable bonds is 3. The largest absolute Gasteiger partial charge is 0.456 e. The van der Waals surface area contributed by atoms with Gasteiger partial charge >= 0.3 is 0 Å². The molecule has 0 spiro atoms. The molecule has 0 saturated heterocycles. The Morgan fingerprint density at radius 1 is 0.280 bits per heavy atom. The first-order valence-electron chi connectivity index (χ1n) is 17.2. The van der Waals surface area contributed by atoms with Gasteiger partial charge in [0.15, 0.2) is 0 Å². The van der Waals surface area contributed by atoms with Gasteiger partial charge in [-0.25, -0.2) is 0 Å². The summed E-state index contributed by atoms with van der Waals surface area (Å²) in [4.78, 5) is 2.43. The van der Waals surface area contributed by atoms with Crippen molar-refractivity contribution in [3.63, 3.8) is 0 Å². The molecule has 50 heavy (non-hydrogen) atoms. The lowest BCUT2D eigenvalue weighted by Crippen LogP contribution is -2.10. The van der Waals surface area contributed by atoms with Gasteiger partial charge in [-0.2, -0.15) is 0 Å². The summed E-state index contributed by atoms with van der Waals surface area (Å²) in [6, 6.07) is 63.9. The third-order valence-electron chi connectivity index (χ3n) is 10.6. The Labute approximate surface area is 288 Å². The standard InChI is InChI=1S/C48H29NO/c1-3-16-36-32(12-1)34-14-5-7-18-38(34)43-28-30(24-26-40(36)43)49(45-21-11-23-47-48(45)42-20-9-10-22-46(42)50-47)31-25-27-41-37-17-4-2-13-33(37)35-15-6-8-19-39(35)44(41)29-31/h1-29H. The van der Waals surface area contributed by atoms with Crippen LogP contribution in [0.5, 0.6) is 0 Å². The summed E-state index contributed by atoms with van der Waals surface area (Å²) in [5.74, 6) is 0. The third-order valence-corrected chi connectivity index (χ3v) is 10.6. The van der Waals surface area contributed by atoms with Crippen molar-refractivity contribution in [2.75, 3.05) is 4.90 Å². The Kier molecular flexibility index (Phi) is 5.70. The van der Waals surface area contributed by atoms with Crippen molar-refractivity contribution in [1.82, 2.24) is 0 Å². The predicted molar refractivity (Wildman–Crippen MR) is 213 cm³/mol. The number of benzene rings is 10. The quantitative estimate of drug-likeness (QED) is 0.180. The van der Waals surface area contributed by atoms with E-state index in [0.717, 1.165) is 39.0 Å². The van der Waals surface area contributed by atoms with Crippen LogP contribution >= 0.6 is 0 Å². The van der Waals surface area contributed by atoms with E-state index in [1.165, 1.54) is 64.6 Å². The molecule has 0 amide bonds. The smallest absolute Gasteiger partial charge is 0.137 e. The lowest BCUT2D eigenvalue weighted by atomic mass is 9.93. The van der Waals surface area contributed by atoms with Gasteiger partial charge in [0.25, 0.3) is 0 Å². The van der Waals surface area contributed by atoms with Crippen LogP contribution in [-0.4, -0.2) is 0 Å². The van der Waals surface area contributed by atoms with Crippen LogP contribution < -0.4 is 4.90 Å². The van der Waals surface area contributed by atoms with E-state index in [0.29, 0.717) is 0 Å². The van der Waals surface area contributed by atoms with Gasteiger partial charge < -0.3 is 9.32 Å². The average molecular weight is 636 g/mol. The van der Waals surface area contributed by atoms with Gasteiger partial charge in [-0.1, -0.05) is 133 Å². The normalized spacial score (nSPS) is 12.0. The molecule has 0 aliphatic carbocycles. The summed E-state index contributed by atoms with van der Waals surface area (Å²) < 4.78 is 6.44. The fraction of sp³-hybridized carbons (Fsp3) is 0. The van der Waals surface area contributed by atoms with Crippen molar-refractivity contribution in [2.24, 2.45) is 0 Å². The second-order valence-electron chi connectivity index (χ2n) is 13.2. The molecule has 2 nitrogen and oxygen atoms in total. The van der Waals surface area contributed by atoms with E-state index in [4.69, 9.17) is 4.42 Å². The molecule has 10 aromatic carbocycles. The lowest BCUT2D eigenvalue weighted by molar-refractivity contribution is 0.669. The molecule has 11 aromatic rings. The molecule has 0 unspecified atom stereocenters. The van der Waals surface area contributed by atoms with Gasteiger partial charge in [-0.3, -0.25) is 0 Å². The molecule has 232 valence electrons.